The van der Waals surface area contributed by atoms with Crippen LogP contribution >= 0.6 is 22.6 Å². The maximum atomic E-state index is 9.14. The van der Waals surface area contributed by atoms with Crippen LogP contribution in [0.5, 0.6) is 11.5 Å². The van der Waals surface area contributed by atoms with Gasteiger partial charge in [0.2, 0.25) is 0 Å². The zero-order valence-electron chi connectivity index (χ0n) is 5.47. The topological polar surface area (TPSA) is 29.5 Å². The maximum absolute atomic E-state index is 9.14. The van der Waals surface area contributed by atoms with Crippen molar-refractivity contribution in [3.05, 3.63) is 21.8 Å². The van der Waals surface area contributed by atoms with Crippen LogP contribution in [0.25, 0.3) is 0 Å². The molecule has 3 heteroatoms. The summed E-state index contributed by atoms with van der Waals surface area (Å²) in [5.41, 5.74) is 0. The Kier molecular flexibility index (Phi) is 2.37. The van der Waals surface area contributed by atoms with Crippen LogP contribution in [0.1, 0.15) is 0 Å². The number of hydrogen-bond donors (Lipinski definition) is 1. The van der Waals surface area contributed by atoms with Crippen molar-refractivity contribution in [3.8, 4) is 11.5 Å². The van der Waals surface area contributed by atoms with Gasteiger partial charge in [0.05, 0.1) is 10.7 Å². The molecule has 2 nitrogen and oxygen atoms in total. The van der Waals surface area contributed by atoms with E-state index < -0.39 is 0 Å². The number of methoxy groups -OCH3 is 1. The van der Waals surface area contributed by atoms with Gasteiger partial charge in [-0.3, -0.25) is 0 Å². The van der Waals surface area contributed by atoms with Crippen molar-refractivity contribution >= 4 is 22.6 Å². The van der Waals surface area contributed by atoms with E-state index in [0.717, 1.165) is 3.57 Å². The summed E-state index contributed by atoms with van der Waals surface area (Å²) in [6, 6.07) is 5.19. The van der Waals surface area contributed by atoms with E-state index in [1.807, 2.05) is 6.07 Å². The lowest BCUT2D eigenvalue weighted by Crippen LogP contribution is -1.82. The van der Waals surface area contributed by atoms with Gasteiger partial charge in [0.25, 0.3) is 0 Å². The second kappa shape index (κ2) is 3.09. The molecule has 0 saturated heterocycles. The molecule has 0 amide bonds. The molecule has 1 aromatic rings. The number of rotatable bonds is 1. The van der Waals surface area contributed by atoms with E-state index in [2.05, 4.69) is 22.6 Å². The Morgan fingerprint density at radius 1 is 1.50 bits per heavy atom. The van der Waals surface area contributed by atoms with E-state index in [4.69, 9.17) is 9.84 Å². The van der Waals surface area contributed by atoms with E-state index in [1.165, 1.54) is 0 Å². The van der Waals surface area contributed by atoms with Gasteiger partial charge in [0.15, 0.2) is 0 Å². The number of hydrogen-bond acceptors (Lipinski definition) is 2. The molecule has 0 spiro atoms. The highest BCUT2D eigenvalue weighted by Crippen LogP contribution is 2.23. The minimum Gasteiger partial charge on any atom is -0.507 e. The zero-order chi connectivity index (χ0) is 7.56. The van der Waals surface area contributed by atoms with Crippen LogP contribution < -0.4 is 4.74 Å². The molecule has 1 aromatic carbocycles. The second-order valence-electron chi connectivity index (χ2n) is 1.82. The van der Waals surface area contributed by atoms with Gasteiger partial charge >= 0.3 is 0 Å². The summed E-state index contributed by atoms with van der Waals surface area (Å²) in [6.07, 6.45) is 0. The molecule has 10 heavy (non-hydrogen) atoms. The Hall–Kier alpha value is -0.450. The van der Waals surface area contributed by atoms with Gasteiger partial charge in [-0.2, -0.15) is 0 Å². The van der Waals surface area contributed by atoms with Gasteiger partial charge in [-0.1, -0.05) is 0 Å². The van der Waals surface area contributed by atoms with Crippen LogP contribution in [0.4, 0.5) is 0 Å². The predicted molar refractivity (Wildman–Crippen MR) is 47.4 cm³/mol. The highest BCUT2D eigenvalue weighted by molar-refractivity contribution is 14.1. The fourth-order valence-corrected chi connectivity index (χ4v) is 0.955. The maximum Gasteiger partial charge on any atom is 0.132 e. The average Bonchev–Trinajstić information content (AvgIpc) is 1.95. The molecule has 1 N–H and O–H groups in total. The van der Waals surface area contributed by atoms with Gasteiger partial charge in [0.1, 0.15) is 11.5 Å². The summed E-state index contributed by atoms with van der Waals surface area (Å²) < 4.78 is 5.72. The minimum absolute atomic E-state index is 0.264. The zero-order valence-corrected chi connectivity index (χ0v) is 7.62. The molecule has 0 aromatic heterocycles. The summed E-state index contributed by atoms with van der Waals surface area (Å²) in [6.45, 7) is 0. The lowest BCUT2D eigenvalue weighted by molar-refractivity contribution is 0.407. The van der Waals surface area contributed by atoms with Crippen LogP contribution in [0.15, 0.2) is 18.2 Å². The quantitative estimate of drug-likeness (QED) is 0.772. The van der Waals surface area contributed by atoms with Gasteiger partial charge in [-0.15, -0.1) is 0 Å². The lowest BCUT2D eigenvalue weighted by Gasteiger charge is -2.00. The summed E-state index contributed by atoms with van der Waals surface area (Å²) in [4.78, 5) is 0. The third-order valence-electron chi connectivity index (χ3n) is 1.15. The summed E-state index contributed by atoms with van der Waals surface area (Å²) in [5.74, 6) is 0.942. The molecular formula is C7H7IO2. The highest BCUT2D eigenvalue weighted by Gasteiger charge is 1.97. The van der Waals surface area contributed by atoms with Crippen LogP contribution in [-0.2, 0) is 0 Å². The molecule has 0 heterocycles. The highest BCUT2D eigenvalue weighted by atomic mass is 127. The van der Waals surface area contributed by atoms with E-state index in [0.29, 0.717) is 5.75 Å². The van der Waals surface area contributed by atoms with Crippen LogP contribution in [0, 0.1) is 3.57 Å². The van der Waals surface area contributed by atoms with Gasteiger partial charge in [-0.05, 0) is 34.7 Å². The Morgan fingerprint density at radius 2 is 2.20 bits per heavy atom. The Morgan fingerprint density at radius 3 is 2.70 bits per heavy atom. The number of aromatic hydroxyl groups is 1. The number of phenolic OH excluding ortho intramolecular Hbond substituents is 1. The normalized spacial score (nSPS) is 9.40. The standard InChI is InChI=1S/C7H7IO2/c1-10-5-2-3-6(8)7(9)4-5/h2-4,9H,1H3. The van der Waals surface area contributed by atoms with Gasteiger partial charge < -0.3 is 9.84 Å². The van der Waals surface area contributed by atoms with Gasteiger partial charge in [0, 0.05) is 6.07 Å². The monoisotopic (exact) mass is 250 g/mol. The van der Waals surface area contributed by atoms with Crippen LogP contribution in [0.2, 0.25) is 0 Å². The van der Waals surface area contributed by atoms with Crippen molar-refractivity contribution < 1.29 is 9.84 Å². The summed E-state index contributed by atoms with van der Waals surface area (Å²) in [7, 11) is 1.57. The van der Waals surface area contributed by atoms with E-state index >= 15 is 0 Å². The predicted octanol–water partition coefficient (Wildman–Crippen LogP) is 2.01. The van der Waals surface area contributed by atoms with Gasteiger partial charge in [-0.25, -0.2) is 0 Å². The fourth-order valence-electron chi connectivity index (χ4n) is 0.619. The van der Waals surface area contributed by atoms with Crippen molar-refractivity contribution in [1.82, 2.24) is 0 Å². The molecule has 0 unspecified atom stereocenters. The number of phenols is 1. The van der Waals surface area contributed by atoms with Crippen molar-refractivity contribution in [2.24, 2.45) is 0 Å². The Balaban J connectivity index is 3.04. The van der Waals surface area contributed by atoms with Crippen LogP contribution in [-0.4, -0.2) is 12.2 Å². The first kappa shape index (κ1) is 7.65. The van der Waals surface area contributed by atoms with E-state index in [9.17, 15) is 0 Å². The number of ether oxygens (including phenoxy) is 1. The molecule has 1 rings (SSSR count). The number of benzene rings is 1. The van der Waals surface area contributed by atoms with E-state index in [-0.39, 0.29) is 5.75 Å². The van der Waals surface area contributed by atoms with Crippen LogP contribution in [0.3, 0.4) is 0 Å². The first-order valence-corrected chi connectivity index (χ1v) is 3.84. The molecule has 0 radical (unpaired) electrons. The lowest BCUT2D eigenvalue weighted by atomic mass is 10.3. The average molecular weight is 250 g/mol. The molecule has 0 aliphatic rings. The number of halogens is 1. The molecule has 0 aliphatic heterocycles. The molecule has 0 saturated carbocycles. The van der Waals surface area contributed by atoms with Crippen molar-refractivity contribution in [2.75, 3.05) is 7.11 Å². The smallest absolute Gasteiger partial charge is 0.132 e. The Labute approximate surface area is 73.0 Å². The SMILES string of the molecule is COc1ccc(I)c(O)c1. The van der Waals surface area contributed by atoms with E-state index in [1.54, 1.807) is 19.2 Å². The molecule has 0 aliphatic carbocycles. The third-order valence-corrected chi connectivity index (χ3v) is 2.07. The molecule has 54 valence electrons. The molecule has 0 fully saturated rings. The van der Waals surface area contributed by atoms with Crippen molar-refractivity contribution in [2.45, 2.75) is 0 Å². The third kappa shape index (κ3) is 1.53. The largest absolute Gasteiger partial charge is 0.507 e. The minimum atomic E-state index is 0.264. The Bertz CT molecular complexity index is 235. The first-order valence-electron chi connectivity index (χ1n) is 2.76. The van der Waals surface area contributed by atoms with Crippen molar-refractivity contribution in [3.63, 3.8) is 0 Å². The van der Waals surface area contributed by atoms with Crippen molar-refractivity contribution in [1.29, 1.82) is 0 Å². The summed E-state index contributed by atoms with van der Waals surface area (Å²) >= 11 is 2.05. The summed E-state index contributed by atoms with van der Waals surface area (Å²) in [5, 5.41) is 9.14. The molecule has 0 atom stereocenters. The first-order chi connectivity index (χ1) is 4.74. The fraction of sp³-hybridized carbons (Fsp3) is 0.143. The molecular weight excluding hydrogens is 243 g/mol. The second-order valence-corrected chi connectivity index (χ2v) is 2.98. The molecule has 0 bridgehead atoms.